The molecule has 1 amide bonds. The second-order valence-electron chi connectivity index (χ2n) is 6.68. The topological polar surface area (TPSA) is 32.8 Å². The molecule has 1 saturated heterocycles. The molecule has 0 radical (unpaired) electrons. The number of halogens is 3. The molecule has 0 aliphatic carbocycles. The molecule has 28 heavy (non-hydrogen) atoms. The Morgan fingerprint density at radius 2 is 1.68 bits per heavy atom. The van der Waals surface area contributed by atoms with Crippen molar-refractivity contribution in [2.75, 3.05) is 37.7 Å². The number of ether oxygens (including phenoxy) is 1. The first-order valence-electron chi connectivity index (χ1n) is 9.31. The Bertz CT molecular complexity index is 773. The van der Waals surface area contributed by atoms with Gasteiger partial charge in [0.25, 0.3) is 0 Å². The SMILES string of the molecule is O=C(CCCOc1ccccc1)N1CCN(c2cccc(C(F)(F)F)c2)CC1. The number of hydrogen-bond donors (Lipinski definition) is 0. The summed E-state index contributed by atoms with van der Waals surface area (Å²) in [7, 11) is 0. The van der Waals surface area contributed by atoms with Crippen LogP contribution in [0.2, 0.25) is 0 Å². The molecule has 2 aromatic carbocycles. The second-order valence-corrected chi connectivity index (χ2v) is 6.68. The molecule has 0 saturated carbocycles. The van der Waals surface area contributed by atoms with Crippen LogP contribution in [-0.4, -0.2) is 43.6 Å². The fourth-order valence-corrected chi connectivity index (χ4v) is 3.18. The molecular formula is C21H23F3N2O2. The highest BCUT2D eigenvalue weighted by atomic mass is 19.4. The van der Waals surface area contributed by atoms with E-state index in [2.05, 4.69) is 0 Å². The molecule has 0 N–H and O–H groups in total. The van der Waals surface area contributed by atoms with E-state index in [-0.39, 0.29) is 5.91 Å². The monoisotopic (exact) mass is 392 g/mol. The van der Waals surface area contributed by atoms with Crippen LogP contribution in [-0.2, 0) is 11.0 Å². The number of benzene rings is 2. The molecule has 4 nitrogen and oxygen atoms in total. The molecule has 2 aromatic rings. The number of carbonyl (C=O) groups is 1. The highest BCUT2D eigenvalue weighted by Gasteiger charge is 2.31. The number of hydrogen-bond acceptors (Lipinski definition) is 3. The van der Waals surface area contributed by atoms with Crippen molar-refractivity contribution in [2.45, 2.75) is 19.0 Å². The van der Waals surface area contributed by atoms with Crippen LogP contribution in [0.1, 0.15) is 18.4 Å². The minimum absolute atomic E-state index is 0.0559. The van der Waals surface area contributed by atoms with E-state index < -0.39 is 11.7 Å². The van der Waals surface area contributed by atoms with E-state index in [1.807, 2.05) is 35.2 Å². The number of anilines is 1. The number of carbonyl (C=O) groups excluding carboxylic acids is 1. The van der Waals surface area contributed by atoms with E-state index in [9.17, 15) is 18.0 Å². The maximum absolute atomic E-state index is 12.9. The number of nitrogens with zero attached hydrogens (tertiary/aromatic N) is 2. The van der Waals surface area contributed by atoms with Crippen LogP contribution < -0.4 is 9.64 Å². The van der Waals surface area contributed by atoms with Gasteiger partial charge in [0.15, 0.2) is 0 Å². The molecule has 7 heteroatoms. The third-order valence-corrected chi connectivity index (χ3v) is 4.72. The van der Waals surface area contributed by atoms with E-state index in [0.29, 0.717) is 51.3 Å². The maximum Gasteiger partial charge on any atom is 0.416 e. The van der Waals surface area contributed by atoms with Crippen LogP contribution in [0.5, 0.6) is 5.75 Å². The minimum Gasteiger partial charge on any atom is -0.494 e. The van der Waals surface area contributed by atoms with Gasteiger partial charge < -0.3 is 14.5 Å². The standard InChI is InChI=1S/C21H23F3N2O2/c22-21(23,24)17-6-4-7-18(16-17)25-11-13-26(14-12-25)20(27)10-5-15-28-19-8-2-1-3-9-19/h1-4,6-9,16H,5,10-15H2. The Hall–Kier alpha value is -2.70. The minimum atomic E-state index is -4.35. The zero-order chi connectivity index (χ0) is 20.0. The normalized spacial score (nSPS) is 14.8. The Balaban J connectivity index is 1.43. The number of alkyl halides is 3. The summed E-state index contributed by atoms with van der Waals surface area (Å²) in [5, 5.41) is 0. The van der Waals surface area contributed by atoms with Gasteiger partial charge >= 0.3 is 6.18 Å². The van der Waals surface area contributed by atoms with Gasteiger partial charge in [0.1, 0.15) is 5.75 Å². The van der Waals surface area contributed by atoms with Gasteiger partial charge in [0.2, 0.25) is 5.91 Å². The molecular weight excluding hydrogens is 369 g/mol. The number of rotatable bonds is 6. The summed E-state index contributed by atoms with van der Waals surface area (Å²) in [5.41, 5.74) is -0.111. The largest absolute Gasteiger partial charge is 0.494 e. The van der Waals surface area contributed by atoms with E-state index in [1.54, 1.807) is 11.0 Å². The fourth-order valence-electron chi connectivity index (χ4n) is 3.18. The lowest BCUT2D eigenvalue weighted by atomic mass is 10.1. The van der Waals surface area contributed by atoms with Crippen LogP contribution in [0.4, 0.5) is 18.9 Å². The zero-order valence-electron chi connectivity index (χ0n) is 15.5. The van der Waals surface area contributed by atoms with E-state index in [4.69, 9.17) is 4.74 Å². The first-order chi connectivity index (χ1) is 13.4. The lowest BCUT2D eigenvalue weighted by Gasteiger charge is -2.36. The van der Waals surface area contributed by atoms with Crippen molar-refractivity contribution in [3.05, 3.63) is 60.2 Å². The highest BCUT2D eigenvalue weighted by Crippen LogP contribution is 2.31. The van der Waals surface area contributed by atoms with Gasteiger partial charge in [-0.3, -0.25) is 4.79 Å². The van der Waals surface area contributed by atoms with Gasteiger partial charge in [0.05, 0.1) is 12.2 Å². The third kappa shape index (κ3) is 5.41. The summed E-state index contributed by atoms with van der Waals surface area (Å²) in [6, 6.07) is 14.8. The first-order valence-corrected chi connectivity index (χ1v) is 9.31. The lowest BCUT2D eigenvalue weighted by Crippen LogP contribution is -2.48. The molecule has 0 aromatic heterocycles. The smallest absolute Gasteiger partial charge is 0.416 e. The van der Waals surface area contributed by atoms with Crippen molar-refractivity contribution in [1.82, 2.24) is 4.90 Å². The average molecular weight is 392 g/mol. The van der Waals surface area contributed by atoms with Gasteiger partial charge in [-0.1, -0.05) is 24.3 Å². The second kappa shape index (κ2) is 8.99. The Labute approximate surface area is 162 Å². The molecule has 0 unspecified atom stereocenters. The van der Waals surface area contributed by atoms with Crippen molar-refractivity contribution in [2.24, 2.45) is 0 Å². The molecule has 0 bridgehead atoms. The molecule has 0 spiro atoms. The van der Waals surface area contributed by atoms with Gasteiger partial charge in [-0.2, -0.15) is 13.2 Å². The number of para-hydroxylation sites is 1. The zero-order valence-corrected chi connectivity index (χ0v) is 15.5. The molecule has 3 rings (SSSR count). The van der Waals surface area contributed by atoms with Crippen LogP contribution in [0, 0.1) is 0 Å². The van der Waals surface area contributed by atoms with Gasteiger partial charge in [0, 0.05) is 38.3 Å². The summed E-state index contributed by atoms with van der Waals surface area (Å²) in [6.07, 6.45) is -3.33. The van der Waals surface area contributed by atoms with Crippen molar-refractivity contribution in [3.63, 3.8) is 0 Å². The Morgan fingerprint density at radius 1 is 0.964 bits per heavy atom. The van der Waals surface area contributed by atoms with E-state index in [0.717, 1.165) is 11.8 Å². The van der Waals surface area contributed by atoms with Crippen LogP contribution in [0.3, 0.4) is 0 Å². The van der Waals surface area contributed by atoms with Crippen molar-refractivity contribution >= 4 is 11.6 Å². The van der Waals surface area contributed by atoms with Crippen molar-refractivity contribution in [1.29, 1.82) is 0 Å². The summed E-state index contributed by atoms with van der Waals surface area (Å²) in [5.74, 6) is 0.838. The van der Waals surface area contributed by atoms with Crippen LogP contribution in [0.15, 0.2) is 54.6 Å². The predicted octanol–water partition coefficient (Wildman–Crippen LogP) is 4.21. The van der Waals surface area contributed by atoms with Crippen molar-refractivity contribution < 1.29 is 22.7 Å². The summed E-state index contributed by atoms with van der Waals surface area (Å²) >= 11 is 0. The number of piperazine rings is 1. The predicted molar refractivity (Wildman–Crippen MR) is 101 cm³/mol. The Morgan fingerprint density at radius 3 is 2.36 bits per heavy atom. The van der Waals surface area contributed by atoms with Crippen molar-refractivity contribution in [3.8, 4) is 5.75 Å². The number of amides is 1. The van der Waals surface area contributed by atoms with Gasteiger partial charge in [-0.25, -0.2) is 0 Å². The van der Waals surface area contributed by atoms with Crippen LogP contribution >= 0.6 is 0 Å². The fraction of sp³-hybridized carbons (Fsp3) is 0.381. The first kappa shape index (κ1) is 20.0. The quantitative estimate of drug-likeness (QED) is 0.691. The summed E-state index contributed by atoms with van der Waals surface area (Å²) in [6.45, 7) is 2.53. The molecule has 1 fully saturated rings. The average Bonchev–Trinajstić information content (AvgIpc) is 2.71. The highest BCUT2D eigenvalue weighted by molar-refractivity contribution is 5.76. The van der Waals surface area contributed by atoms with Gasteiger partial charge in [-0.05, 0) is 36.8 Å². The Kier molecular flexibility index (Phi) is 6.44. The van der Waals surface area contributed by atoms with E-state index >= 15 is 0 Å². The lowest BCUT2D eigenvalue weighted by molar-refractivity contribution is -0.137. The molecule has 1 aliphatic rings. The molecule has 150 valence electrons. The third-order valence-electron chi connectivity index (χ3n) is 4.72. The molecule has 0 atom stereocenters. The van der Waals surface area contributed by atoms with Gasteiger partial charge in [-0.15, -0.1) is 0 Å². The van der Waals surface area contributed by atoms with Crippen LogP contribution in [0.25, 0.3) is 0 Å². The maximum atomic E-state index is 12.9. The van der Waals surface area contributed by atoms with E-state index in [1.165, 1.54) is 12.1 Å². The summed E-state index contributed by atoms with van der Waals surface area (Å²) < 4.78 is 44.2. The molecule has 1 aliphatic heterocycles. The molecule has 1 heterocycles. The summed E-state index contributed by atoms with van der Waals surface area (Å²) in [4.78, 5) is 16.0.